The number of aliphatic hydroxyl groups is 1. The van der Waals surface area contributed by atoms with E-state index in [0.717, 1.165) is 18.6 Å². The Morgan fingerprint density at radius 3 is 2.57 bits per heavy atom. The molecule has 1 atom stereocenters. The Morgan fingerprint density at radius 1 is 1.29 bits per heavy atom. The van der Waals surface area contributed by atoms with Gasteiger partial charge in [0.2, 0.25) is 0 Å². The van der Waals surface area contributed by atoms with Crippen LogP contribution < -0.4 is 15.4 Å². The third-order valence-electron chi connectivity index (χ3n) is 4.01. The summed E-state index contributed by atoms with van der Waals surface area (Å²) >= 11 is 0. The highest BCUT2D eigenvalue weighted by Crippen LogP contribution is 2.26. The number of urea groups is 1. The first-order chi connectivity index (χ1) is 10.2. The van der Waals surface area contributed by atoms with E-state index in [1.807, 2.05) is 0 Å². The van der Waals surface area contributed by atoms with Gasteiger partial charge in [-0.3, -0.25) is 0 Å². The van der Waals surface area contributed by atoms with Crippen molar-refractivity contribution < 1.29 is 14.6 Å². The quantitative estimate of drug-likeness (QED) is 0.781. The van der Waals surface area contributed by atoms with Gasteiger partial charge in [-0.25, -0.2) is 4.79 Å². The zero-order valence-corrected chi connectivity index (χ0v) is 12.5. The molecule has 116 valence electrons. The minimum Gasteiger partial charge on any atom is -0.497 e. The summed E-state index contributed by atoms with van der Waals surface area (Å²) in [5, 5.41) is 15.6. The molecule has 1 aliphatic carbocycles. The van der Waals surface area contributed by atoms with Crippen LogP contribution in [0.2, 0.25) is 0 Å². The van der Waals surface area contributed by atoms with Gasteiger partial charge in [-0.1, -0.05) is 19.3 Å². The molecular weight excluding hydrogens is 268 g/mol. The number of hydrogen-bond donors (Lipinski definition) is 3. The number of ether oxygens (including phenoxy) is 1. The summed E-state index contributed by atoms with van der Waals surface area (Å²) in [5.74, 6) is 1.06. The standard InChI is InChI=1S/C16H24N2O3/c1-21-14-9-7-13(8-10-14)18-16(20)17-11-15(19)12-5-3-2-4-6-12/h7-10,12,15,19H,2-6,11H2,1H3,(H2,17,18,20). The molecule has 5 heteroatoms. The number of nitrogens with one attached hydrogen (secondary N) is 2. The Hall–Kier alpha value is -1.75. The molecular formula is C16H24N2O3. The summed E-state index contributed by atoms with van der Waals surface area (Å²) in [6.07, 6.45) is 5.28. The molecule has 1 aromatic rings. The second-order valence-corrected chi connectivity index (χ2v) is 5.53. The van der Waals surface area contributed by atoms with Crippen LogP contribution in [0, 0.1) is 5.92 Å². The molecule has 0 heterocycles. The average molecular weight is 292 g/mol. The Bertz CT molecular complexity index is 441. The molecule has 5 nitrogen and oxygen atoms in total. The number of carbonyl (C=O) groups is 1. The van der Waals surface area contributed by atoms with Gasteiger partial charge in [-0.15, -0.1) is 0 Å². The molecule has 0 radical (unpaired) electrons. The van der Waals surface area contributed by atoms with Crippen molar-refractivity contribution in [1.82, 2.24) is 5.32 Å². The lowest BCUT2D eigenvalue weighted by atomic mass is 9.85. The fourth-order valence-electron chi connectivity index (χ4n) is 2.73. The number of carbonyl (C=O) groups excluding carboxylic acids is 1. The molecule has 0 aromatic heterocycles. The average Bonchev–Trinajstić information content (AvgIpc) is 2.54. The van der Waals surface area contributed by atoms with E-state index in [2.05, 4.69) is 10.6 Å². The van der Waals surface area contributed by atoms with Gasteiger partial charge in [0.15, 0.2) is 0 Å². The van der Waals surface area contributed by atoms with Gasteiger partial charge >= 0.3 is 6.03 Å². The summed E-state index contributed by atoms with van der Waals surface area (Å²) in [7, 11) is 1.60. The minimum atomic E-state index is -0.452. The van der Waals surface area contributed by atoms with Crippen LogP contribution in [0.15, 0.2) is 24.3 Å². The van der Waals surface area contributed by atoms with Crippen LogP contribution in [0.25, 0.3) is 0 Å². The summed E-state index contributed by atoms with van der Waals surface area (Å²) in [6.45, 7) is 0.298. The number of amides is 2. The van der Waals surface area contributed by atoms with Crippen molar-refractivity contribution in [3.8, 4) is 5.75 Å². The molecule has 1 aromatic carbocycles. The molecule has 3 N–H and O–H groups in total. The van der Waals surface area contributed by atoms with Crippen LogP contribution in [-0.4, -0.2) is 30.9 Å². The van der Waals surface area contributed by atoms with E-state index in [1.165, 1.54) is 19.3 Å². The third-order valence-corrected chi connectivity index (χ3v) is 4.01. The highest BCUT2D eigenvalue weighted by molar-refractivity contribution is 5.89. The predicted octanol–water partition coefficient (Wildman–Crippen LogP) is 2.76. The van der Waals surface area contributed by atoms with Gasteiger partial charge in [-0.2, -0.15) is 0 Å². The summed E-state index contributed by atoms with van der Waals surface area (Å²) < 4.78 is 5.06. The van der Waals surface area contributed by atoms with Crippen molar-refractivity contribution in [1.29, 1.82) is 0 Å². The first-order valence-corrected chi connectivity index (χ1v) is 7.56. The zero-order valence-electron chi connectivity index (χ0n) is 12.5. The maximum atomic E-state index is 11.8. The maximum Gasteiger partial charge on any atom is 0.319 e. The lowest BCUT2D eigenvalue weighted by Gasteiger charge is -2.26. The van der Waals surface area contributed by atoms with E-state index in [-0.39, 0.29) is 6.03 Å². The fourth-order valence-corrected chi connectivity index (χ4v) is 2.73. The van der Waals surface area contributed by atoms with Gasteiger partial charge in [0, 0.05) is 12.2 Å². The third kappa shape index (κ3) is 4.93. The normalized spacial score (nSPS) is 17.0. The van der Waals surface area contributed by atoms with Gasteiger partial charge < -0.3 is 20.5 Å². The van der Waals surface area contributed by atoms with Crippen molar-refractivity contribution in [3.63, 3.8) is 0 Å². The Labute approximate surface area is 125 Å². The molecule has 1 fully saturated rings. The number of rotatable bonds is 5. The van der Waals surface area contributed by atoms with Gasteiger partial charge in [-0.05, 0) is 43.0 Å². The zero-order chi connectivity index (χ0) is 15.1. The molecule has 1 saturated carbocycles. The van der Waals surface area contributed by atoms with E-state index in [4.69, 9.17) is 4.74 Å². The molecule has 2 amide bonds. The number of benzene rings is 1. The monoisotopic (exact) mass is 292 g/mol. The number of aliphatic hydroxyl groups excluding tert-OH is 1. The van der Waals surface area contributed by atoms with Crippen LogP contribution in [0.3, 0.4) is 0 Å². The molecule has 0 aliphatic heterocycles. The highest BCUT2D eigenvalue weighted by Gasteiger charge is 2.21. The van der Waals surface area contributed by atoms with Gasteiger partial charge in [0.05, 0.1) is 13.2 Å². The molecule has 0 spiro atoms. The van der Waals surface area contributed by atoms with E-state index < -0.39 is 6.10 Å². The summed E-state index contributed by atoms with van der Waals surface area (Å²) in [5.41, 5.74) is 0.695. The topological polar surface area (TPSA) is 70.6 Å². The van der Waals surface area contributed by atoms with Crippen LogP contribution in [-0.2, 0) is 0 Å². The van der Waals surface area contributed by atoms with Crippen molar-refractivity contribution in [2.45, 2.75) is 38.2 Å². The lowest BCUT2D eigenvalue weighted by Crippen LogP contribution is -2.39. The molecule has 21 heavy (non-hydrogen) atoms. The SMILES string of the molecule is COc1ccc(NC(=O)NCC(O)C2CCCCC2)cc1. The number of hydrogen-bond acceptors (Lipinski definition) is 3. The van der Waals surface area contributed by atoms with E-state index in [1.54, 1.807) is 31.4 Å². The van der Waals surface area contributed by atoms with Crippen molar-refractivity contribution in [2.24, 2.45) is 5.92 Å². The van der Waals surface area contributed by atoms with Crippen molar-refractivity contribution in [2.75, 3.05) is 19.0 Å². The largest absolute Gasteiger partial charge is 0.497 e. The second-order valence-electron chi connectivity index (χ2n) is 5.53. The highest BCUT2D eigenvalue weighted by atomic mass is 16.5. The summed E-state index contributed by atoms with van der Waals surface area (Å²) in [6, 6.07) is 6.82. The second kappa shape index (κ2) is 7.88. The first-order valence-electron chi connectivity index (χ1n) is 7.56. The number of anilines is 1. The fraction of sp³-hybridized carbons (Fsp3) is 0.562. The van der Waals surface area contributed by atoms with E-state index in [0.29, 0.717) is 18.2 Å². The first kappa shape index (κ1) is 15.6. The molecule has 0 bridgehead atoms. The smallest absolute Gasteiger partial charge is 0.319 e. The predicted molar refractivity (Wildman–Crippen MR) is 82.6 cm³/mol. The van der Waals surface area contributed by atoms with Crippen LogP contribution >= 0.6 is 0 Å². The van der Waals surface area contributed by atoms with Crippen molar-refractivity contribution in [3.05, 3.63) is 24.3 Å². The Morgan fingerprint density at radius 2 is 1.95 bits per heavy atom. The van der Waals surface area contributed by atoms with Crippen LogP contribution in [0.1, 0.15) is 32.1 Å². The van der Waals surface area contributed by atoms with E-state index >= 15 is 0 Å². The molecule has 1 unspecified atom stereocenters. The number of methoxy groups -OCH3 is 1. The summed E-state index contributed by atoms with van der Waals surface area (Å²) in [4.78, 5) is 11.8. The Balaban J connectivity index is 1.73. The van der Waals surface area contributed by atoms with Crippen LogP contribution in [0.4, 0.5) is 10.5 Å². The van der Waals surface area contributed by atoms with Crippen molar-refractivity contribution >= 4 is 11.7 Å². The minimum absolute atomic E-state index is 0.296. The van der Waals surface area contributed by atoms with Gasteiger partial charge in [0.25, 0.3) is 0 Å². The Kier molecular flexibility index (Phi) is 5.87. The molecule has 2 rings (SSSR count). The molecule has 0 saturated heterocycles. The maximum absolute atomic E-state index is 11.8. The molecule has 1 aliphatic rings. The van der Waals surface area contributed by atoms with Crippen LogP contribution in [0.5, 0.6) is 5.75 Å². The van der Waals surface area contributed by atoms with Gasteiger partial charge in [0.1, 0.15) is 5.75 Å². The lowest BCUT2D eigenvalue weighted by molar-refractivity contribution is 0.0863. The van der Waals surface area contributed by atoms with E-state index in [9.17, 15) is 9.90 Å².